The van der Waals surface area contributed by atoms with Gasteiger partial charge in [-0.1, -0.05) is 18.2 Å². The smallest absolute Gasteiger partial charge is 0.322 e. The molecule has 0 radical (unpaired) electrons. The van der Waals surface area contributed by atoms with Crippen molar-refractivity contribution in [3.8, 4) is 0 Å². The van der Waals surface area contributed by atoms with Crippen LogP contribution in [-0.4, -0.2) is 37.0 Å². The van der Waals surface area contributed by atoms with Gasteiger partial charge in [-0.25, -0.2) is 9.18 Å². The maximum Gasteiger partial charge on any atom is 0.322 e. The van der Waals surface area contributed by atoms with E-state index in [2.05, 4.69) is 17.2 Å². The Morgan fingerprint density at radius 2 is 2.08 bits per heavy atom. The molecule has 7 heteroatoms. The third kappa shape index (κ3) is 3.94. The van der Waals surface area contributed by atoms with E-state index in [9.17, 15) is 14.0 Å². The highest BCUT2D eigenvalue weighted by Crippen LogP contribution is 2.25. The highest BCUT2D eigenvalue weighted by molar-refractivity contribution is 6.31. The average Bonchev–Trinajstić information content (AvgIpc) is 2.57. The fourth-order valence-electron chi connectivity index (χ4n) is 2.46. The number of benzene rings is 1. The summed E-state index contributed by atoms with van der Waals surface area (Å²) in [7, 11) is 1.56. The zero-order valence-electron chi connectivity index (χ0n) is 13.6. The van der Waals surface area contributed by atoms with Crippen molar-refractivity contribution in [3.05, 3.63) is 52.3 Å². The average molecular weight is 352 g/mol. The second kappa shape index (κ2) is 7.49. The first-order valence-electron chi connectivity index (χ1n) is 7.44. The molecule has 1 heterocycles. The van der Waals surface area contributed by atoms with E-state index in [-0.39, 0.29) is 17.0 Å². The van der Waals surface area contributed by atoms with Crippen LogP contribution in [0, 0.1) is 5.82 Å². The number of halogens is 2. The molecule has 1 aromatic rings. The molecule has 0 aliphatic carbocycles. The van der Waals surface area contributed by atoms with Crippen LogP contribution in [0.15, 0.2) is 41.5 Å². The van der Waals surface area contributed by atoms with Crippen molar-refractivity contribution in [2.24, 2.45) is 0 Å². The first-order chi connectivity index (χ1) is 11.3. The van der Waals surface area contributed by atoms with Crippen molar-refractivity contribution in [3.63, 3.8) is 0 Å². The number of nitrogens with one attached hydrogen (secondary N) is 2. The lowest BCUT2D eigenvalue weighted by molar-refractivity contribution is -0.117. The number of piperidine rings is 1. The molecule has 2 rings (SSSR count). The molecule has 5 nitrogen and oxygen atoms in total. The zero-order chi connectivity index (χ0) is 17.9. The number of hydrogen-bond acceptors (Lipinski definition) is 2. The van der Waals surface area contributed by atoms with Crippen LogP contribution in [0.25, 0.3) is 0 Å². The quantitative estimate of drug-likeness (QED) is 0.803. The molecule has 0 saturated carbocycles. The molecule has 0 atom stereocenters. The van der Waals surface area contributed by atoms with Gasteiger partial charge < -0.3 is 15.5 Å². The minimum Gasteiger partial charge on any atom is -0.355 e. The predicted octanol–water partition coefficient (Wildman–Crippen LogP) is 3.34. The SMILES string of the molecule is C=C1CCN(C(=O)Nc2ccc(F)c(Cl)c2)C/C1=C(/C)C(=O)NC. The van der Waals surface area contributed by atoms with E-state index < -0.39 is 5.82 Å². The number of likely N-dealkylation sites (tertiary alicyclic amines) is 1. The molecule has 0 unspecified atom stereocenters. The predicted molar refractivity (Wildman–Crippen MR) is 92.5 cm³/mol. The highest BCUT2D eigenvalue weighted by atomic mass is 35.5. The van der Waals surface area contributed by atoms with E-state index in [4.69, 9.17) is 11.6 Å². The third-order valence-corrected chi connectivity index (χ3v) is 4.23. The minimum atomic E-state index is -0.546. The van der Waals surface area contributed by atoms with E-state index in [1.807, 2.05) is 0 Å². The number of amides is 3. The van der Waals surface area contributed by atoms with Gasteiger partial charge in [0, 0.05) is 31.4 Å². The van der Waals surface area contributed by atoms with Gasteiger partial charge in [-0.05, 0) is 42.7 Å². The largest absolute Gasteiger partial charge is 0.355 e. The second-order valence-electron chi connectivity index (χ2n) is 5.52. The molecule has 1 aliphatic rings. The topological polar surface area (TPSA) is 61.4 Å². The number of carbonyl (C=O) groups excluding carboxylic acids is 2. The van der Waals surface area contributed by atoms with E-state index in [1.165, 1.54) is 18.2 Å². The molecule has 0 bridgehead atoms. The van der Waals surface area contributed by atoms with Gasteiger partial charge in [0.15, 0.2) is 0 Å². The summed E-state index contributed by atoms with van der Waals surface area (Å²) < 4.78 is 13.2. The second-order valence-corrected chi connectivity index (χ2v) is 5.92. The number of anilines is 1. The van der Waals surface area contributed by atoms with E-state index in [0.29, 0.717) is 30.8 Å². The summed E-state index contributed by atoms with van der Waals surface area (Å²) in [6.07, 6.45) is 0.585. The van der Waals surface area contributed by atoms with Gasteiger partial charge in [0.05, 0.1) is 5.02 Å². The Balaban J connectivity index is 2.14. The molecule has 24 heavy (non-hydrogen) atoms. The summed E-state index contributed by atoms with van der Waals surface area (Å²) >= 11 is 5.71. The third-order valence-electron chi connectivity index (χ3n) is 3.94. The summed E-state index contributed by atoms with van der Waals surface area (Å²) in [6.45, 7) is 6.47. The number of urea groups is 1. The monoisotopic (exact) mass is 351 g/mol. The van der Waals surface area contributed by atoms with Crippen LogP contribution < -0.4 is 10.6 Å². The van der Waals surface area contributed by atoms with Gasteiger partial charge in [-0.2, -0.15) is 0 Å². The van der Waals surface area contributed by atoms with E-state index >= 15 is 0 Å². The van der Waals surface area contributed by atoms with Crippen LogP contribution in [0.2, 0.25) is 5.02 Å². The van der Waals surface area contributed by atoms with Crippen LogP contribution in [0.1, 0.15) is 13.3 Å². The summed E-state index contributed by atoms with van der Waals surface area (Å²) in [5, 5.41) is 5.19. The van der Waals surface area contributed by atoms with Crippen LogP contribution in [0.3, 0.4) is 0 Å². The van der Waals surface area contributed by atoms with Gasteiger partial charge in [-0.3, -0.25) is 4.79 Å². The van der Waals surface area contributed by atoms with Gasteiger partial charge in [0.1, 0.15) is 5.82 Å². The Morgan fingerprint density at radius 1 is 1.38 bits per heavy atom. The van der Waals surface area contributed by atoms with Crippen LogP contribution in [-0.2, 0) is 4.79 Å². The number of rotatable bonds is 2. The lowest BCUT2D eigenvalue weighted by Crippen LogP contribution is -2.41. The summed E-state index contributed by atoms with van der Waals surface area (Å²) in [5.41, 5.74) is 2.56. The normalized spacial score (nSPS) is 16.7. The Kier molecular flexibility index (Phi) is 5.62. The summed E-state index contributed by atoms with van der Waals surface area (Å²) in [5.74, 6) is -0.742. The Hall–Kier alpha value is -2.34. The van der Waals surface area contributed by atoms with Gasteiger partial charge >= 0.3 is 6.03 Å². The number of carbonyl (C=O) groups is 2. The molecule has 1 fully saturated rings. The standard InChI is InChI=1S/C17H19ClFN3O2/c1-10-6-7-22(9-13(10)11(2)16(23)20-3)17(24)21-12-4-5-15(19)14(18)8-12/h4-5,8H,1,6-7,9H2,2-3H3,(H,20,23)(H,21,24)/b13-11+. The first-order valence-corrected chi connectivity index (χ1v) is 7.82. The van der Waals surface area contributed by atoms with Crippen LogP contribution in [0.4, 0.5) is 14.9 Å². The molecule has 1 saturated heterocycles. The van der Waals surface area contributed by atoms with Gasteiger partial charge in [0.25, 0.3) is 0 Å². The van der Waals surface area contributed by atoms with Crippen molar-refractivity contribution in [2.45, 2.75) is 13.3 Å². The molecular weight excluding hydrogens is 333 g/mol. The molecule has 2 N–H and O–H groups in total. The first kappa shape index (κ1) is 18.0. The fraction of sp³-hybridized carbons (Fsp3) is 0.294. The fourth-order valence-corrected chi connectivity index (χ4v) is 2.64. The van der Waals surface area contributed by atoms with Gasteiger partial charge in [0.2, 0.25) is 5.91 Å². The summed E-state index contributed by atoms with van der Waals surface area (Å²) in [4.78, 5) is 25.8. The molecule has 1 aliphatic heterocycles. The van der Waals surface area contributed by atoms with Gasteiger partial charge in [-0.15, -0.1) is 0 Å². The summed E-state index contributed by atoms with van der Waals surface area (Å²) in [6, 6.07) is 3.64. The van der Waals surface area contributed by atoms with Crippen LogP contribution >= 0.6 is 11.6 Å². The van der Waals surface area contributed by atoms with E-state index in [0.717, 1.165) is 11.1 Å². The lowest BCUT2D eigenvalue weighted by Gasteiger charge is -2.31. The molecule has 3 amide bonds. The Labute approximate surface area is 145 Å². The van der Waals surface area contributed by atoms with Crippen molar-refractivity contribution in [1.29, 1.82) is 0 Å². The van der Waals surface area contributed by atoms with Crippen molar-refractivity contribution in [1.82, 2.24) is 10.2 Å². The molecule has 0 aromatic heterocycles. The lowest BCUT2D eigenvalue weighted by atomic mass is 9.95. The van der Waals surface area contributed by atoms with Crippen molar-refractivity contribution in [2.75, 3.05) is 25.5 Å². The highest BCUT2D eigenvalue weighted by Gasteiger charge is 2.24. The number of nitrogens with zero attached hydrogens (tertiary/aromatic N) is 1. The minimum absolute atomic E-state index is 0.0594. The molecular formula is C17H19ClFN3O2. The van der Waals surface area contributed by atoms with Crippen LogP contribution in [0.5, 0.6) is 0 Å². The number of hydrogen-bond donors (Lipinski definition) is 2. The Bertz CT molecular complexity index is 731. The molecule has 128 valence electrons. The number of likely N-dealkylation sites (N-methyl/N-ethyl adjacent to an activating group) is 1. The Morgan fingerprint density at radius 3 is 2.71 bits per heavy atom. The maximum atomic E-state index is 13.2. The molecule has 0 spiro atoms. The van der Waals surface area contributed by atoms with E-state index in [1.54, 1.807) is 18.9 Å². The van der Waals surface area contributed by atoms with Crippen molar-refractivity contribution < 1.29 is 14.0 Å². The molecule has 1 aromatic carbocycles. The zero-order valence-corrected chi connectivity index (χ0v) is 14.3. The maximum absolute atomic E-state index is 13.2. The van der Waals surface area contributed by atoms with Crippen molar-refractivity contribution >= 4 is 29.2 Å².